The molecule has 8 nitrogen and oxygen atoms in total. The first kappa shape index (κ1) is 33.4. The number of aliphatic hydroxyl groups excluding tert-OH is 2. The lowest BCUT2D eigenvalue weighted by atomic mass is 9.33. The smallest absolute Gasteiger partial charge is 0.334 e. The zero-order valence-corrected chi connectivity index (χ0v) is 28.2. The van der Waals surface area contributed by atoms with E-state index in [1.807, 2.05) is 6.92 Å². The van der Waals surface area contributed by atoms with Crippen LogP contribution in [0.1, 0.15) is 120 Å². The fraction of sp³-hybridized carbons (Fsp3) is 0.861. The molecule has 5 rings (SSSR count). The Morgan fingerprint density at radius 2 is 1.50 bits per heavy atom. The molecule has 44 heavy (non-hydrogen) atoms. The molecule has 5 aliphatic carbocycles. The molecule has 4 saturated carbocycles. The highest BCUT2D eigenvalue weighted by atomic mass is 16.6. The molecule has 0 aromatic carbocycles. The molecule has 3 N–H and O–H groups in total. The number of aliphatic hydroxyl groups is 2. The van der Waals surface area contributed by atoms with Crippen LogP contribution in [0.15, 0.2) is 11.6 Å². The van der Waals surface area contributed by atoms with E-state index in [4.69, 9.17) is 9.47 Å². The summed E-state index contributed by atoms with van der Waals surface area (Å²) >= 11 is 0. The Morgan fingerprint density at radius 1 is 0.864 bits per heavy atom. The monoisotopic (exact) mass is 616 g/mol. The highest BCUT2D eigenvalue weighted by Gasteiger charge is 2.70. The second-order valence-corrected chi connectivity index (χ2v) is 17.1. The molecule has 0 radical (unpaired) electrons. The standard InChI is InChI=1S/C36H56O8/c1-21(37)28(39)43-20-33(6)25-11-14-35(8)26(32(25,5)13-12-27(33)44-29(40)22(2)38)10-9-23-24-19-31(3,4)15-17-36(24,30(41)42)18-16-34(23,35)7/h9,21-22,24-27,37-38H,10-20H2,1-8H3,(H,41,42)/t21-,22-,24-,25+,26?,27-,32-,33-,34+,35+,36-/m0/s1. The molecular formula is C36H56O8. The van der Waals surface area contributed by atoms with E-state index in [1.165, 1.54) is 19.4 Å². The van der Waals surface area contributed by atoms with E-state index >= 15 is 0 Å². The van der Waals surface area contributed by atoms with Crippen molar-refractivity contribution in [3.05, 3.63) is 11.6 Å². The number of esters is 2. The minimum absolute atomic E-state index is 0.0226. The minimum Gasteiger partial charge on any atom is -0.481 e. The average molecular weight is 617 g/mol. The maximum atomic E-state index is 12.9. The Bertz CT molecular complexity index is 1220. The quantitative estimate of drug-likeness (QED) is 0.242. The van der Waals surface area contributed by atoms with Gasteiger partial charge in [0.1, 0.15) is 24.9 Å². The number of ether oxygens (including phenoxy) is 2. The second-order valence-electron chi connectivity index (χ2n) is 17.1. The summed E-state index contributed by atoms with van der Waals surface area (Å²) in [6.45, 7) is 16.7. The molecular weight excluding hydrogens is 560 g/mol. The Labute approximate surface area is 263 Å². The van der Waals surface area contributed by atoms with E-state index in [2.05, 4.69) is 40.7 Å². The predicted molar refractivity (Wildman–Crippen MR) is 165 cm³/mol. The number of carbonyl (C=O) groups is 3. The van der Waals surface area contributed by atoms with Gasteiger partial charge in [0.15, 0.2) is 0 Å². The van der Waals surface area contributed by atoms with Gasteiger partial charge in [-0.25, -0.2) is 9.59 Å². The fourth-order valence-corrected chi connectivity index (χ4v) is 11.4. The van der Waals surface area contributed by atoms with Crippen molar-refractivity contribution in [1.29, 1.82) is 0 Å². The van der Waals surface area contributed by atoms with Gasteiger partial charge < -0.3 is 24.8 Å². The summed E-state index contributed by atoms with van der Waals surface area (Å²) in [5.74, 6) is -1.56. The summed E-state index contributed by atoms with van der Waals surface area (Å²) in [4.78, 5) is 38.0. The van der Waals surface area contributed by atoms with Crippen molar-refractivity contribution in [2.24, 2.45) is 50.2 Å². The van der Waals surface area contributed by atoms with Crippen LogP contribution in [0.5, 0.6) is 0 Å². The van der Waals surface area contributed by atoms with E-state index in [1.54, 1.807) is 0 Å². The Kier molecular flexibility index (Phi) is 8.22. The van der Waals surface area contributed by atoms with Crippen LogP contribution >= 0.6 is 0 Å². The van der Waals surface area contributed by atoms with E-state index in [-0.39, 0.29) is 40.1 Å². The van der Waals surface area contributed by atoms with Crippen molar-refractivity contribution in [3.8, 4) is 0 Å². The maximum absolute atomic E-state index is 12.9. The van der Waals surface area contributed by atoms with Gasteiger partial charge in [-0.2, -0.15) is 0 Å². The van der Waals surface area contributed by atoms with Gasteiger partial charge in [-0.1, -0.05) is 53.2 Å². The molecule has 0 spiro atoms. The lowest BCUT2D eigenvalue weighted by Gasteiger charge is -2.71. The summed E-state index contributed by atoms with van der Waals surface area (Å²) in [7, 11) is 0. The van der Waals surface area contributed by atoms with Crippen LogP contribution in [0, 0.1) is 50.2 Å². The Balaban J connectivity index is 1.54. The highest BCUT2D eigenvalue weighted by molar-refractivity contribution is 5.77. The largest absolute Gasteiger partial charge is 0.481 e. The fourth-order valence-electron chi connectivity index (χ4n) is 11.4. The van der Waals surface area contributed by atoms with Gasteiger partial charge in [-0.3, -0.25) is 4.79 Å². The minimum atomic E-state index is -1.25. The highest BCUT2D eigenvalue weighted by Crippen LogP contribution is 2.76. The van der Waals surface area contributed by atoms with Crippen molar-refractivity contribution >= 4 is 17.9 Å². The van der Waals surface area contributed by atoms with Gasteiger partial charge in [-0.15, -0.1) is 0 Å². The van der Waals surface area contributed by atoms with E-state index in [9.17, 15) is 29.7 Å². The third-order valence-corrected chi connectivity index (χ3v) is 14.3. The van der Waals surface area contributed by atoms with Crippen LogP contribution < -0.4 is 0 Å². The van der Waals surface area contributed by atoms with Crippen LogP contribution in [0.2, 0.25) is 0 Å². The number of carbonyl (C=O) groups excluding carboxylic acids is 2. The van der Waals surface area contributed by atoms with Crippen LogP contribution in [0.25, 0.3) is 0 Å². The Morgan fingerprint density at radius 3 is 2.11 bits per heavy atom. The third kappa shape index (κ3) is 4.78. The molecule has 4 fully saturated rings. The molecule has 8 heteroatoms. The molecule has 1 unspecified atom stereocenters. The zero-order valence-electron chi connectivity index (χ0n) is 28.2. The summed E-state index contributed by atoms with van der Waals surface area (Å²) in [5, 5.41) is 30.4. The van der Waals surface area contributed by atoms with E-state index in [0.717, 1.165) is 51.4 Å². The number of fused-ring (bicyclic) bond motifs is 7. The number of aliphatic carboxylic acids is 1. The first-order valence-corrected chi connectivity index (χ1v) is 16.9. The number of carboxylic acids is 1. The molecule has 0 amide bonds. The average Bonchev–Trinajstić information content (AvgIpc) is 2.93. The lowest BCUT2D eigenvalue weighted by molar-refractivity contribution is -0.230. The SMILES string of the molecule is C[C@H](O)C(=O)OC[C@]1(C)[C@@H](OC(=O)[C@H](C)O)CC[C@]2(C)C3CC=C4[C@@H]5CC(C)(C)CC[C@]5(C(=O)O)CC[C@@]4(C)[C@]3(C)CC[C@@H]12. The van der Waals surface area contributed by atoms with Crippen LogP contribution in [0.3, 0.4) is 0 Å². The number of allylic oxidation sites excluding steroid dienone is 2. The molecule has 0 aromatic heterocycles. The van der Waals surface area contributed by atoms with Crippen molar-refractivity contribution < 1.29 is 39.2 Å². The van der Waals surface area contributed by atoms with E-state index < -0.39 is 47.0 Å². The van der Waals surface area contributed by atoms with Gasteiger partial charge in [0.25, 0.3) is 0 Å². The number of rotatable bonds is 6. The third-order valence-electron chi connectivity index (χ3n) is 14.3. The normalized spacial score (nSPS) is 45.6. The number of hydrogen-bond acceptors (Lipinski definition) is 7. The molecule has 0 bridgehead atoms. The van der Waals surface area contributed by atoms with Crippen LogP contribution in [-0.2, 0) is 23.9 Å². The van der Waals surface area contributed by atoms with Crippen molar-refractivity contribution in [2.75, 3.05) is 6.61 Å². The second kappa shape index (κ2) is 10.8. The molecule has 5 aliphatic rings. The molecule has 0 heterocycles. The predicted octanol–water partition coefficient (Wildman–Crippen LogP) is 6.07. The molecule has 0 aromatic rings. The topological polar surface area (TPSA) is 130 Å². The molecule has 0 aliphatic heterocycles. The van der Waals surface area contributed by atoms with Crippen LogP contribution in [-0.4, -0.2) is 58.1 Å². The van der Waals surface area contributed by atoms with Gasteiger partial charge in [0, 0.05) is 5.41 Å². The number of hydrogen-bond donors (Lipinski definition) is 3. The Hall–Kier alpha value is -1.93. The van der Waals surface area contributed by atoms with Crippen LogP contribution in [0.4, 0.5) is 0 Å². The zero-order chi connectivity index (χ0) is 32.7. The maximum Gasteiger partial charge on any atom is 0.334 e. The molecule has 11 atom stereocenters. The van der Waals surface area contributed by atoms with E-state index in [0.29, 0.717) is 18.8 Å². The summed E-state index contributed by atoms with van der Waals surface area (Å²) in [6.07, 6.45) is 7.68. The van der Waals surface area contributed by atoms with Crippen molar-refractivity contribution in [3.63, 3.8) is 0 Å². The van der Waals surface area contributed by atoms with Gasteiger partial charge in [0.05, 0.1) is 5.41 Å². The van der Waals surface area contributed by atoms with Crippen molar-refractivity contribution in [2.45, 2.75) is 138 Å². The van der Waals surface area contributed by atoms with Gasteiger partial charge in [0.2, 0.25) is 0 Å². The summed E-state index contributed by atoms with van der Waals surface area (Å²) in [6, 6.07) is 0. The molecule has 0 saturated heterocycles. The first-order valence-electron chi connectivity index (χ1n) is 16.9. The molecule has 248 valence electrons. The van der Waals surface area contributed by atoms with Crippen molar-refractivity contribution in [1.82, 2.24) is 0 Å². The van der Waals surface area contributed by atoms with Gasteiger partial charge in [-0.05, 0) is 117 Å². The lowest BCUT2D eigenvalue weighted by Crippen LogP contribution is -2.66. The summed E-state index contributed by atoms with van der Waals surface area (Å²) in [5.41, 5.74) is -0.202. The summed E-state index contributed by atoms with van der Waals surface area (Å²) < 4.78 is 11.6. The first-order chi connectivity index (χ1) is 20.3. The number of carboxylic acid groups (broad SMARTS) is 1. The van der Waals surface area contributed by atoms with Gasteiger partial charge >= 0.3 is 17.9 Å².